The van der Waals surface area contributed by atoms with Gasteiger partial charge in [0.25, 0.3) is 0 Å². The van der Waals surface area contributed by atoms with Gasteiger partial charge < -0.3 is 9.73 Å². The van der Waals surface area contributed by atoms with Crippen molar-refractivity contribution < 1.29 is 9.21 Å². The maximum Gasteiger partial charge on any atom is 0.207 e. The van der Waals surface area contributed by atoms with Gasteiger partial charge in [-0.05, 0) is 17.7 Å². The number of oxazole rings is 1. The topological polar surface area (TPSA) is 55.1 Å². The first-order valence-electron chi connectivity index (χ1n) is 3.89. The molecule has 4 nitrogen and oxygen atoms in total. The Morgan fingerprint density at radius 3 is 3.31 bits per heavy atom. The molecule has 1 heterocycles. The number of nitrogens with zero attached hydrogens (tertiary/aromatic N) is 1. The van der Waals surface area contributed by atoms with Gasteiger partial charge in [0, 0.05) is 6.54 Å². The predicted molar refractivity (Wildman–Crippen MR) is 46.9 cm³/mol. The summed E-state index contributed by atoms with van der Waals surface area (Å²) in [6.45, 7) is 0.514. The molecule has 0 radical (unpaired) electrons. The summed E-state index contributed by atoms with van der Waals surface area (Å²) < 4.78 is 5.11. The maximum absolute atomic E-state index is 10.0. The number of rotatable bonds is 3. The average Bonchev–Trinajstić information content (AvgIpc) is 2.61. The monoisotopic (exact) mass is 176 g/mol. The van der Waals surface area contributed by atoms with Crippen molar-refractivity contribution >= 4 is 17.5 Å². The second kappa shape index (κ2) is 3.26. The lowest BCUT2D eigenvalue weighted by Gasteiger charge is -1.97. The lowest BCUT2D eigenvalue weighted by molar-refractivity contribution is -0.109. The zero-order chi connectivity index (χ0) is 9.10. The molecule has 0 saturated heterocycles. The quantitative estimate of drug-likeness (QED) is 0.712. The molecule has 1 amide bonds. The molecule has 66 valence electrons. The van der Waals surface area contributed by atoms with Crippen LogP contribution in [-0.2, 0) is 11.3 Å². The molecule has 0 unspecified atom stereocenters. The van der Waals surface area contributed by atoms with Crippen LogP contribution >= 0.6 is 0 Å². The smallest absolute Gasteiger partial charge is 0.207 e. The van der Waals surface area contributed by atoms with Crippen LogP contribution in [0.15, 0.2) is 29.0 Å². The van der Waals surface area contributed by atoms with Crippen LogP contribution in [0.2, 0.25) is 0 Å². The third-order valence-corrected chi connectivity index (χ3v) is 1.79. The van der Waals surface area contributed by atoms with Gasteiger partial charge >= 0.3 is 0 Å². The van der Waals surface area contributed by atoms with Gasteiger partial charge in [0.05, 0.1) is 0 Å². The molecule has 4 heteroatoms. The van der Waals surface area contributed by atoms with Crippen molar-refractivity contribution in [1.29, 1.82) is 0 Å². The van der Waals surface area contributed by atoms with Gasteiger partial charge in [-0.15, -0.1) is 0 Å². The van der Waals surface area contributed by atoms with Crippen molar-refractivity contribution in [3.63, 3.8) is 0 Å². The van der Waals surface area contributed by atoms with E-state index in [4.69, 9.17) is 4.42 Å². The van der Waals surface area contributed by atoms with Crippen molar-refractivity contribution in [2.45, 2.75) is 6.54 Å². The molecule has 0 fully saturated rings. The molecule has 2 aromatic rings. The second-order valence-corrected chi connectivity index (χ2v) is 2.65. The number of hydrogen-bond acceptors (Lipinski definition) is 3. The first kappa shape index (κ1) is 7.79. The van der Waals surface area contributed by atoms with E-state index < -0.39 is 0 Å². The lowest BCUT2D eigenvalue weighted by atomic mass is 10.2. The van der Waals surface area contributed by atoms with Crippen molar-refractivity contribution in [1.82, 2.24) is 10.3 Å². The van der Waals surface area contributed by atoms with Crippen LogP contribution in [0.25, 0.3) is 11.1 Å². The van der Waals surface area contributed by atoms with Crippen molar-refractivity contribution in [2.24, 2.45) is 0 Å². The molecule has 0 atom stereocenters. The summed E-state index contributed by atoms with van der Waals surface area (Å²) in [5.74, 6) is 0. The molecule has 1 aromatic heterocycles. The van der Waals surface area contributed by atoms with E-state index in [1.165, 1.54) is 6.39 Å². The highest BCUT2D eigenvalue weighted by atomic mass is 16.3. The third kappa shape index (κ3) is 1.51. The van der Waals surface area contributed by atoms with Crippen LogP contribution < -0.4 is 5.32 Å². The fraction of sp³-hybridized carbons (Fsp3) is 0.111. The minimum Gasteiger partial charge on any atom is -0.443 e. The van der Waals surface area contributed by atoms with Crippen LogP contribution in [0, 0.1) is 0 Å². The molecule has 0 aliphatic heterocycles. The molecular formula is C9H8N2O2. The Morgan fingerprint density at radius 1 is 1.54 bits per heavy atom. The number of fused-ring (bicyclic) bond motifs is 1. The summed E-state index contributed by atoms with van der Waals surface area (Å²) in [6, 6.07) is 5.63. The van der Waals surface area contributed by atoms with Crippen LogP contribution in [0.5, 0.6) is 0 Å². The zero-order valence-corrected chi connectivity index (χ0v) is 6.86. The van der Waals surface area contributed by atoms with Gasteiger partial charge in [-0.1, -0.05) is 6.07 Å². The van der Waals surface area contributed by atoms with Crippen LogP contribution in [-0.4, -0.2) is 11.4 Å². The number of nitrogens with one attached hydrogen (secondary N) is 1. The van der Waals surface area contributed by atoms with Crippen LogP contribution in [0.3, 0.4) is 0 Å². The van der Waals surface area contributed by atoms with E-state index in [9.17, 15) is 4.79 Å². The SMILES string of the molecule is O=CNCc1ccc2ncoc2c1. The molecule has 0 aliphatic rings. The molecule has 0 saturated carbocycles. The van der Waals surface area contributed by atoms with E-state index in [1.54, 1.807) is 0 Å². The number of amides is 1. The lowest BCUT2D eigenvalue weighted by Crippen LogP contribution is -2.09. The predicted octanol–water partition coefficient (Wildman–Crippen LogP) is 1.07. The molecule has 13 heavy (non-hydrogen) atoms. The zero-order valence-electron chi connectivity index (χ0n) is 6.86. The van der Waals surface area contributed by atoms with Gasteiger partial charge in [0.1, 0.15) is 5.52 Å². The summed E-state index contributed by atoms with van der Waals surface area (Å²) in [5.41, 5.74) is 2.57. The summed E-state index contributed by atoms with van der Waals surface area (Å²) >= 11 is 0. The Balaban J connectivity index is 2.31. The minimum absolute atomic E-state index is 0.514. The Morgan fingerprint density at radius 2 is 2.46 bits per heavy atom. The van der Waals surface area contributed by atoms with E-state index in [0.29, 0.717) is 13.0 Å². The van der Waals surface area contributed by atoms with E-state index in [2.05, 4.69) is 10.3 Å². The van der Waals surface area contributed by atoms with Crippen LogP contribution in [0.1, 0.15) is 5.56 Å². The molecule has 0 bridgehead atoms. The molecule has 1 N–H and O–H groups in total. The minimum atomic E-state index is 0.514. The van der Waals surface area contributed by atoms with E-state index in [-0.39, 0.29) is 0 Å². The van der Waals surface area contributed by atoms with Gasteiger partial charge in [0.15, 0.2) is 12.0 Å². The number of carbonyl (C=O) groups excluding carboxylic acids is 1. The summed E-state index contributed by atoms with van der Waals surface area (Å²) in [6.07, 6.45) is 2.08. The molecule has 1 aromatic carbocycles. The maximum atomic E-state index is 10.0. The molecular weight excluding hydrogens is 168 g/mol. The fourth-order valence-corrected chi connectivity index (χ4v) is 1.17. The van der Waals surface area contributed by atoms with Gasteiger partial charge in [-0.3, -0.25) is 4.79 Å². The highest BCUT2D eigenvalue weighted by Gasteiger charge is 1.98. The third-order valence-electron chi connectivity index (χ3n) is 1.79. The summed E-state index contributed by atoms with van der Waals surface area (Å²) in [7, 11) is 0. The number of hydrogen-bond donors (Lipinski definition) is 1. The van der Waals surface area contributed by atoms with E-state index in [0.717, 1.165) is 16.7 Å². The van der Waals surface area contributed by atoms with Crippen LogP contribution in [0.4, 0.5) is 0 Å². The first-order valence-corrected chi connectivity index (χ1v) is 3.89. The fourth-order valence-electron chi connectivity index (χ4n) is 1.17. The Bertz CT molecular complexity index is 422. The molecule has 0 aliphatic carbocycles. The van der Waals surface area contributed by atoms with Gasteiger partial charge in [-0.2, -0.15) is 0 Å². The van der Waals surface area contributed by atoms with Crippen molar-refractivity contribution in [3.05, 3.63) is 30.2 Å². The number of benzene rings is 1. The van der Waals surface area contributed by atoms with Crippen molar-refractivity contribution in [3.8, 4) is 0 Å². The standard InChI is InChI=1S/C9H8N2O2/c12-5-10-4-7-1-2-8-9(3-7)13-6-11-8/h1-3,5-6H,4H2,(H,10,12). The average molecular weight is 176 g/mol. The number of aromatic nitrogens is 1. The first-order chi connectivity index (χ1) is 6.40. The molecule has 0 spiro atoms. The van der Waals surface area contributed by atoms with Gasteiger partial charge in [-0.25, -0.2) is 4.98 Å². The summed E-state index contributed by atoms with van der Waals surface area (Å²) in [4.78, 5) is 14.0. The largest absolute Gasteiger partial charge is 0.443 e. The van der Waals surface area contributed by atoms with E-state index in [1.807, 2.05) is 18.2 Å². The van der Waals surface area contributed by atoms with E-state index >= 15 is 0 Å². The Labute approximate surface area is 74.6 Å². The summed E-state index contributed by atoms with van der Waals surface area (Å²) in [5, 5.41) is 2.58. The molecule has 2 rings (SSSR count). The highest BCUT2D eigenvalue weighted by Crippen LogP contribution is 2.13. The van der Waals surface area contributed by atoms with Gasteiger partial charge in [0.2, 0.25) is 6.41 Å². The highest BCUT2D eigenvalue weighted by molar-refractivity contribution is 5.72. The van der Waals surface area contributed by atoms with Crippen molar-refractivity contribution in [2.75, 3.05) is 0 Å². The second-order valence-electron chi connectivity index (χ2n) is 2.65. The number of carbonyl (C=O) groups is 1. The normalized spacial score (nSPS) is 10.2. The Hall–Kier alpha value is -1.84. The Kier molecular flexibility index (Phi) is 1.96.